The van der Waals surface area contributed by atoms with Gasteiger partial charge in [-0.25, -0.2) is 0 Å². The Morgan fingerprint density at radius 1 is 1.33 bits per heavy atom. The predicted octanol–water partition coefficient (Wildman–Crippen LogP) is 2.64. The van der Waals surface area contributed by atoms with E-state index in [1.807, 2.05) is 7.05 Å². The van der Waals surface area contributed by atoms with Crippen LogP contribution in [0.2, 0.25) is 0 Å². The van der Waals surface area contributed by atoms with E-state index in [0.29, 0.717) is 18.1 Å². The van der Waals surface area contributed by atoms with Gasteiger partial charge in [-0.2, -0.15) is 0 Å². The monoisotopic (exact) mass is 338 g/mol. The van der Waals surface area contributed by atoms with Crippen molar-refractivity contribution in [2.45, 2.75) is 59.1 Å². The molecule has 1 saturated heterocycles. The van der Waals surface area contributed by atoms with E-state index in [2.05, 4.69) is 54.8 Å². The van der Waals surface area contributed by atoms with Gasteiger partial charge in [0, 0.05) is 45.9 Å². The summed E-state index contributed by atoms with van der Waals surface area (Å²) in [5.41, 5.74) is 1.24. The topological polar surface area (TPSA) is 48.9 Å². The predicted molar refractivity (Wildman–Crippen MR) is 104 cm³/mol. The summed E-state index contributed by atoms with van der Waals surface area (Å²) in [7, 11) is 1.84. The van der Waals surface area contributed by atoms with Gasteiger partial charge in [0.05, 0.1) is 6.10 Å². The van der Waals surface area contributed by atoms with Gasteiger partial charge in [-0.1, -0.05) is 26.0 Å². The molecular formula is C19H38N4O. The standard InChI is InChI=1S/C19H38N4O/c1-7-24-18(16(4)5)8-11-21-19(20-6)22-17-9-12-23(13-10-17)14-15(2)3/h16-18H,2,7-14H2,1,3-6H3,(H2,20,21,22). The summed E-state index contributed by atoms with van der Waals surface area (Å²) in [5, 5.41) is 7.00. The van der Waals surface area contributed by atoms with E-state index in [4.69, 9.17) is 4.74 Å². The third kappa shape index (κ3) is 8.15. The molecule has 0 aromatic carbocycles. The minimum Gasteiger partial charge on any atom is -0.378 e. The van der Waals surface area contributed by atoms with Gasteiger partial charge in [0.2, 0.25) is 0 Å². The molecule has 0 aromatic rings. The molecule has 1 heterocycles. The number of aliphatic imine (C=N–C) groups is 1. The zero-order valence-corrected chi connectivity index (χ0v) is 16.4. The number of rotatable bonds is 9. The Balaban J connectivity index is 2.29. The summed E-state index contributed by atoms with van der Waals surface area (Å²) in [6.07, 6.45) is 3.62. The van der Waals surface area contributed by atoms with Crippen molar-refractivity contribution in [2.75, 3.05) is 39.8 Å². The summed E-state index contributed by atoms with van der Waals surface area (Å²) in [5.74, 6) is 1.45. The van der Waals surface area contributed by atoms with Crippen molar-refractivity contribution in [3.05, 3.63) is 12.2 Å². The fourth-order valence-corrected chi connectivity index (χ4v) is 3.16. The third-order valence-corrected chi connectivity index (χ3v) is 4.49. The van der Waals surface area contributed by atoms with Crippen LogP contribution in [0.4, 0.5) is 0 Å². The first-order valence-corrected chi connectivity index (χ1v) is 9.41. The summed E-state index contributed by atoms with van der Waals surface area (Å²) < 4.78 is 5.80. The highest BCUT2D eigenvalue weighted by atomic mass is 16.5. The Hall–Kier alpha value is -1.07. The fraction of sp³-hybridized carbons (Fsp3) is 0.842. The average molecular weight is 339 g/mol. The maximum absolute atomic E-state index is 5.80. The highest BCUT2D eigenvalue weighted by Crippen LogP contribution is 2.12. The molecule has 0 aromatic heterocycles. The Kier molecular flexibility index (Phi) is 10.0. The maximum atomic E-state index is 5.80. The molecule has 1 aliphatic rings. The molecule has 1 atom stereocenters. The Morgan fingerprint density at radius 3 is 2.50 bits per heavy atom. The summed E-state index contributed by atoms with van der Waals surface area (Å²) in [4.78, 5) is 6.84. The molecule has 5 nitrogen and oxygen atoms in total. The molecule has 0 radical (unpaired) electrons. The molecule has 0 aliphatic carbocycles. The molecule has 0 saturated carbocycles. The summed E-state index contributed by atoms with van der Waals surface area (Å²) >= 11 is 0. The van der Waals surface area contributed by atoms with Gasteiger partial charge in [0.1, 0.15) is 0 Å². The molecule has 0 amide bonds. The van der Waals surface area contributed by atoms with Crippen LogP contribution in [0, 0.1) is 5.92 Å². The molecule has 1 rings (SSSR count). The van der Waals surface area contributed by atoms with Crippen LogP contribution >= 0.6 is 0 Å². The summed E-state index contributed by atoms with van der Waals surface area (Å²) in [6, 6.07) is 0.505. The first kappa shape index (κ1) is 21.0. The number of ether oxygens (including phenoxy) is 1. The normalized spacial score (nSPS) is 18.7. The van der Waals surface area contributed by atoms with Gasteiger partial charge in [-0.05, 0) is 39.0 Å². The van der Waals surface area contributed by atoms with Gasteiger partial charge < -0.3 is 15.4 Å². The lowest BCUT2D eigenvalue weighted by atomic mass is 10.0. The molecule has 1 unspecified atom stereocenters. The molecular weight excluding hydrogens is 300 g/mol. The smallest absolute Gasteiger partial charge is 0.191 e. The lowest BCUT2D eigenvalue weighted by Crippen LogP contribution is -2.49. The van der Waals surface area contributed by atoms with E-state index in [9.17, 15) is 0 Å². The van der Waals surface area contributed by atoms with Crippen LogP contribution in [0.5, 0.6) is 0 Å². The van der Waals surface area contributed by atoms with Crippen LogP contribution in [0.3, 0.4) is 0 Å². The quantitative estimate of drug-likeness (QED) is 0.385. The second-order valence-corrected chi connectivity index (χ2v) is 7.18. The third-order valence-electron chi connectivity index (χ3n) is 4.49. The van der Waals surface area contributed by atoms with Crippen molar-refractivity contribution in [2.24, 2.45) is 10.9 Å². The van der Waals surface area contributed by atoms with E-state index in [1.54, 1.807) is 0 Å². The molecule has 2 N–H and O–H groups in total. The zero-order chi connectivity index (χ0) is 17.9. The van der Waals surface area contributed by atoms with Gasteiger partial charge in [0.25, 0.3) is 0 Å². The van der Waals surface area contributed by atoms with Crippen molar-refractivity contribution in [3.63, 3.8) is 0 Å². The number of nitrogens with one attached hydrogen (secondary N) is 2. The van der Waals surface area contributed by atoms with Crippen LogP contribution < -0.4 is 10.6 Å². The first-order valence-electron chi connectivity index (χ1n) is 9.41. The van der Waals surface area contributed by atoms with Crippen molar-refractivity contribution in [1.82, 2.24) is 15.5 Å². The molecule has 0 spiro atoms. The second-order valence-electron chi connectivity index (χ2n) is 7.18. The SMILES string of the molecule is C=C(C)CN1CCC(NC(=NC)NCCC(OCC)C(C)C)CC1. The van der Waals surface area contributed by atoms with E-state index in [0.717, 1.165) is 58.0 Å². The minimum absolute atomic E-state index is 0.311. The number of likely N-dealkylation sites (tertiary alicyclic amines) is 1. The number of piperidine rings is 1. The second kappa shape index (κ2) is 11.5. The van der Waals surface area contributed by atoms with E-state index in [-0.39, 0.29) is 0 Å². The lowest BCUT2D eigenvalue weighted by Gasteiger charge is -2.33. The molecule has 1 aliphatic heterocycles. The van der Waals surface area contributed by atoms with Crippen molar-refractivity contribution in [1.29, 1.82) is 0 Å². The van der Waals surface area contributed by atoms with E-state index >= 15 is 0 Å². The molecule has 5 heteroatoms. The van der Waals surface area contributed by atoms with Crippen molar-refractivity contribution >= 4 is 5.96 Å². The van der Waals surface area contributed by atoms with Gasteiger partial charge in [0.15, 0.2) is 5.96 Å². The molecule has 140 valence electrons. The highest BCUT2D eigenvalue weighted by molar-refractivity contribution is 5.79. The minimum atomic E-state index is 0.311. The van der Waals surface area contributed by atoms with Crippen LogP contribution in [-0.4, -0.2) is 62.8 Å². The number of guanidine groups is 1. The zero-order valence-electron chi connectivity index (χ0n) is 16.4. The Labute approximate surface area is 148 Å². The van der Waals surface area contributed by atoms with Crippen molar-refractivity contribution < 1.29 is 4.74 Å². The van der Waals surface area contributed by atoms with Crippen molar-refractivity contribution in [3.8, 4) is 0 Å². The highest BCUT2D eigenvalue weighted by Gasteiger charge is 2.20. The fourth-order valence-electron chi connectivity index (χ4n) is 3.16. The van der Waals surface area contributed by atoms with Gasteiger partial charge in [-0.3, -0.25) is 9.89 Å². The molecule has 0 bridgehead atoms. The average Bonchev–Trinajstić information content (AvgIpc) is 2.54. The van der Waals surface area contributed by atoms with Gasteiger partial charge in [-0.15, -0.1) is 0 Å². The van der Waals surface area contributed by atoms with Crippen LogP contribution in [0.25, 0.3) is 0 Å². The number of hydrogen-bond donors (Lipinski definition) is 2. The largest absolute Gasteiger partial charge is 0.378 e. The van der Waals surface area contributed by atoms with Crippen LogP contribution in [0.15, 0.2) is 17.1 Å². The van der Waals surface area contributed by atoms with E-state index < -0.39 is 0 Å². The first-order chi connectivity index (χ1) is 11.5. The Bertz CT molecular complexity index is 387. The van der Waals surface area contributed by atoms with Crippen LogP contribution in [0.1, 0.15) is 47.0 Å². The maximum Gasteiger partial charge on any atom is 0.191 e. The molecule has 1 fully saturated rings. The lowest BCUT2D eigenvalue weighted by molar-refractivity contribution is 0.0258. The number of nitrogens with zero attached hydrogens (tertiary/aromatic N) is 2. The number of hydrogen-bond acceptors (Lipinski definition) is 3. The summed E-state index contributed by atoms with van der Waals surface area (Å²) in [6.45, 7) is 17.5. The molecule has 24 heavy (non-hydrogen) atoms. The van der Waals surface area contributed by atoms with Crippen LogP contribution in [-0.2, 0) is 4.74 Å². The van der Waals surface area contributed by atoms with E-state index in [1.165, 1.54) is 5.57 Å². The van der Waals surface area contributed by atoms with Gasteiger partial charge >= 0.3 is 0 Å². The Morgan fingerprint density at radius 2 is 2.00 bits per heavy atom.